The highest BCUT2D eigenvalue weighted by Gasteiger charge is 2.43. The second-order valence-electron chi connectivity index (χ2n) is 3.80. The number of anilines is 1. The first-order valence-electron chi connectivity index (χ1n) is 5.13. The summed E-state index contributed by atoms with van der Waals surface area (Å²) in [6.07, 6.45) is 0.948. The second-order valence-corrected chi connectivity index (χ2v) is 3.80. The fraction of sp³-hybridized carbons (Fsp3) is 0.417. The number of amides is 1. The Balaban J connectivity index is 2.19. The maximum absolute atomic E-state index is 11.7. The monoisotopic (exact) mass is 189 g/mol. The van der Waals surface area contributed by atoms with Gasteiger partial charge in [-0.05, 0) is 25.5 Å². The molecule has 1 amide bonds. The van der Waals surface area contributed by atoms with E-state index in [1.807, 2.05) is 35.2 Å². The van der Waals surface area contributed by atoms with Crippen molar-refractivity contribution in [1.29, 1.82) is 0 Å². The number of hydrogen-bond donors (Lipinski definition) is 0. The van der Waals surface area contributed by atoms with E-state index >= 15 is 0 Å². The van der Waals surface area contributed by atoms with E-state index < -0.39 is 0 Å². The Bertz CT molecular complexity index is 333. The maximum Gasteiger partial charge on any atom is 0.232 e. The lowest BCUT2D eigenvalue weighted by molar-refractivity contribution is -0.129. The molecule has 0 aromatic heterocycles. The van der Waals surface area contributed by atoms with Crippen LogP contribution >= 0.6 is 0 Å². The van der Waals surface area contributed by atoms with E-state index in [0.717, 1.165) is 12.1 Å². The van der Waals surface area contributed by atoms with Crippen molar-refractivity contribution >= 4 is 11.6 Å². The molecule has 1 aromatic carbocycles. The van der Waals surface area contributed by atoms with Crippen LogP contribution in [0.4, 0.5) is 5.69 Å². The number of carbonyl (C=O) groups is 1. The third-order valence-electron chi connectivity index (χ3n) is 3.02. The van der Waals surface area contributed by atoms with Crippen molar-refractivity contribution in [1.82, 2.24) is 0 Å². The molecule has 14 heavy (non-hydrogen) atoms. The summed E-state index contributed by atoms with van der Waals surface area (Å²) in [6.45, 7) is 4.18. The van der Waals surface area contributed by atoms with Gasteiger partial charge in [-0.25, -0.2) is 0 Å². The van der Waals surface area contributed by atoms with Crippen molar-refractivity contribution in [2.75, 3.05) is 4.90 Å². The van der Waals surface area contributed by atoms with Gasteiger partial charge in [0.15, 0.2) is 0 Å². The summed E-state index contributed by atoms with van der Waals surface area (Å²) in [4.78, 5) is 13.6. The number of carbonyl (C=O) groups excluding carboxylic acids is 1. The molecule has 1 aliphatic rings. The van der Waals surface area contributed by atoms with Gasteiger partial charge >= 0.3 is 0 Å². The van der Waals surface area contributed by atoms with Gasteiger partial charge in [0.1, 0.15) is 0 Å². The Labute approximate surface area is 84.5 Å². The summed E-state index contributed by atoms with van der Waals surface area (Å²) in [5.74, 6) is 0.501. The van der Waals surface area contributed by atoms with Gasteiger partial charge in [0, 0.05) is 11.7 Å². The normalized spacial score (nSPS) is 26.1. The first kappa shape index (κ1) is 9.25. The summed E-state index contributed by atoms with van der Waals surface area (Å²) in [6, 6.07) is 10.2. The first-order valence-corrected chi connectivity index (χ1v) is 5.13. The number of hydrogen-bond acceptors (Lipinski definition) is 1. The first-order chi connectivity index (χ1) is 6.75. The van der Waals surface area contributed by atoms with Gasteiger partial charge in [-0.1, -0.05) is 25.1 Å². The summed E-state index contributed by atoms with van der Waals surface area (Å²) < 4.78 is 0. The lowest BCUT2D eigenvalue weighted by Gasteiger charge is -2.45. The van der Waals surface area contributed by atoms with E-state index in [2.05, 4.69) is 13.8 Å². The van der Waals surface area contributed by atoms with Gasteiger partial charge in [-0.3, -0.25) is 4.79 Å². The van der Waals surface area contributed by atoms with Crippen LogP contribution in [0.25, 0.3) is 0 Å². The van der Waals surface area contributed by atoms with E-state index in [9.17, 15) is 4.79 Å². The minimum Gasteiger partial charge on any atom is -0.309 e. The fourth-order valence-electron chi connectivity index (χ4n) is 2.15. The van der Waals surface area contributed by atoms with Gasteiger partial charge in [0.05, 0.1) is 5.92 Å². The number of nitrogens with zero attached hydrogens (tertiary/aromatic N) is 1. The van der Waals surface area contributed by atoms with E-state index in [1.54, 1.807) is 0 Å². The highest BCUT2D eigenvalue weighted by atomic mass is 16.2. The Hall–Kier alpha value is -1.31. The zero-order valence-electron chi connectivity index (χ0n) is 8.60. The van der Waals surface area contributed by atoms with Crippen LogP contribution in [-0.2, 0) is 4.79 Å². The maximum atomic E-state index is 11.7. The molecule has 1 fully saturated rings. The van der Waals surface area contributed by atoms with E-state index in [0.29, 0.717) is 6.04 Å². The number of β-lactam (4-membered cyclic amide) rings is 1. The Morgan fingerprint density at radius 3 is 2.43 bits per heavy atom. The number of benzene rings is 1. The summed E-state index contributed by atoms with van der Waals surface area (Å²) >= 11 is 0. The van der Waals surface area contributed by atoms with Crippen LogP contribution in [0.15, 0.2) is 30.3 Å². The minimum atomic E-state index is 0.232. The van der Waals surface area contributed by atoms with Crippen molar-refractivity contribution in [2.45, 2.75) is 26.3 Å². The molecule has 0 bridgehead atoms. The van der Waals surface area contributed by atoms with Crippen LogP contribution in [0.5, 0.6) is 0 Å². The fourth-order valence-corrected chi connectivity index (χ4v) is 2.15. The molecule has 0 aliphatic carbocycles. The molecule has 2 rings (SSSR count). The quantitative estimate of drug-likeness (QED) is 0.654. The summed E-state index contributed by atoms with van der Waals surface area (Å²) in [5.41, 5.74) is 1.02. The Morgan fingerprint density at radius 1 is 1.29 bits per heavy atom. The van der Waals surface area contributed by atoms with Crippen LogP contribution in [-0.4, -0.2) is 11.9 Å². The molecule has 2 nitrogen and oxygen atoms in total. The van der Waals surface area contributed by atoms with E-state index in [1.165, 1.54) is 0 Å². The molecule has 0 spiro atoms. The molecule has 2 heteroatoms. The van der Waals surface area contributed by atoms with E-state index in [-0.39, 0.29) is 11.8 Å². The standard InChI is InChI=1S/C12H15NO/c1-3-11-9(2)13(12(11)14)10-7-5-4-6-8-10/h4-9,11H,3H2,1-2H3. The highest BCUT2D eigenvalue weighted by molar-refractivity contribution is 6.02. The predicted molar refractivity (Wildman–Crippen MR) is 57.2 cm³/mol. The minimum absolute atomic E-state index is 0.232. The smallest absolute Gasteiger partial charge is 0.232 e. The zero-order chi connectivity index (χ0) is 10.1. The SMILES string of the molecule is CCC1C(=O)N(c2ccccc2)C1C. The van der Waals surface area contributed by atoms with Crippen LogP contribution in [0, 0.1) is 5.92 Å². The third-order valence-corrected chi connectivity index (χ3v) is 3.02. The number of para-hydroxylation sites is 1. The molecule has 74 valence electrons. The Kier molecular flexibility index (Phi) is 2.28. The van der Waals surface area contributed by atoms with Gasteiger partial charge in [0.25, 0.3) is 0 Å². The molecule has 1 aromatic rings. The largest absolute Gasteiger partial charge is 0.309 e. The van der Waals surface area contributed by atoms with Crippen LogP contribution < -0.4 is 4.90 Å². The molecule has 0 radical (unpaired) electrons. The zero-order valence-corrected chi connectivity index (χ0v) is 8.60. The number of rotatable bonds is 2. The van der Waals surface area contributed by atoms with Crippen molar-refractivity contribution < 1.29 is 4.79 Å². The molecule has 2 atom stereocenters. The Morgan fingerprint density at radius 2 is 1.93 bits per heavy atom. The van der Waals surface area contributed by atoms with E-state index in [4.69, 9.17) is 0 Å². The van der Waals surface area contributed by atoms with Gasteiger partial charge < -0.3 is 4.90 Å². The molecule has 1 aliphatic heterocycles. The molecule has 2 unspecified atom stereocenters. The molecule has 0 N–H and O–H groups in total. The van der Waals surface area contributed by atoms with Crippen molar-refractivity contribution in [3.05, 3.63) is 30.3 Å². The van der Waals surface area contributed by atoms with Crippen LogP contribution in [0.3, 0.4) is 0 Å². The highest BCUT2D eigenvalue weighted by Crippen LogP contribution is 2.33. The third kappa shape index (κ3) is 1.22. The van der Waals surface area contributed by atoms with Gasteiger partial charge in [0.2, 0.25) is 5.91 Å². The second kappa shape index (κ2) is 3.45. The molecule has 1 heterocycles. The lowest BCUT2D eigenvalue weighted by Crippen LogP contribution is -2.59. The van der Waals surface area contributed by atoms with Crippen molar-refractivity contribution in [2.24, 2.45) is 5.92 Å². The molecule has 1 saturated heterocycles. The van der Waals surface area contributed by atoms with Crippen LogP contribution in [0.2, 0.25) is 0 Å². The topological polar surface area (TPSA) is 20.3 Å². The summed E-state index contributed by atoms with van der Waals surface area (Å²) in [5, 5.41) is 0. The predicted octanol–water partition coefficient (Wildman–Crippen LogP) is 2.45. The van der Waals surface area contributed by atoms with Crippen molar-refractivity contribution in [3.8, 4) is 0 Å². The lowest BCUT2D eigenvalue weighted by atomic mass is 9.86. The molecular weight excluding hydrogens is 174 g/mol. The summed E-state index contributed by atoms with van der Waals surface area (Å²) in [7, 11) is 0. The van der Waals surface area contributed by atoms with Gasteiger partial charge in [-0.2, -0.15) is 0 Å². The molecular formula is C12H15NO. The average Bonchev–Trinajstić information content (AvgIpc) is 2.20. The van der Waals surface area contributed by atoms with Gasteiger partial charge in [-0.15, -0.1) is 0 Å². The van der Waals surface area contributed by atoms with Crippen LogP contribution in [0.1, 0.15) is 20.3 Å². The van der Waals surface area contributed by atoms with Crippen molar-refractivity contribution in [3.63, 3.8) is 0 Å². The molecule has 0 saturated carbocycles. The average molecular weight is 189 g/mol.